The summed E-state index contributed by atoms with van der Waals surface area (Å²) < 4.78 is 4.77. The highest BCUT2D eigenvalue weighted by atomic mass is 16.5. The maximum atomic E-state index is 11.4. The van der Waals surface area contributed by atoms with Crippen LogP contribution < -0.4 is 0 Å². The molecule has 1 saturated heterocycles. The molecular weight excluding hydrogens is 216 g/mol. The second-order valence-electron chi connectivity index (χ2n) is 4.38. The maximum absolute atomic E-state index is 11.4. The lowest BCUT2D eigenvalue weighted by Crippen LogP contribution is -2.26. The summed E-state index contributed by atoms with van der Waals surface area (Å²) in [7, 11) is 1.46. The number of pyridine rings is 1. The van der Waals surface area contributed by atoms with Gasteiger partial charge in [0.05, 0.1) is 13.0 Å². The normalized spacial score (nSPS) is 20.4. The molecule has 0 saturated carbocycles. The van der Waals surface area contributed by atoms with Crippen molar-refractivity contribution >= 4 is 5.97 Å². The van der Waals surface area contributed by atoms with E-state index in [-0.39, 0.29) is 11.9 Å². The number of esters is 1. The lowest BCUT2D eigenvalue weighted by Gasteiger charge is -2.14. The van der Waals surface area contributed by atoms with Crippen LogP contribution in [0.5, 0.6) is 0 Å². The zero-order valence-electron chi connectivity index (χ0n) is 10.1. The summed E-state index contributed by atoms with van der Waals surface area (Å²) in [6, 6.07) is 5.96. The van der Waals surface area contributed by atoms with Gasteiger partial charge in [0, 0.05) is 31.4 Å². The van der Waals surface area contributed by atoms with Crippen molar-refractivity contribution in [3.05, 3.63) is 30.1 Å². The first-order valence-corrected chi connectivity index (χ1v) is 5.99. The van der Waals surface area contributed by atoms with Gasteiger partial charge >= 0.3 is 5.97 Å². The first-order chi connectivity index (χ1) is 8.29. The molecule has 1 aromatic rings. The summed E-state index contributed by atoms with van der Waals surface area (Å²) in [5.41, 5.74) is 1.11. The number of rotatable bonds is 4. The topological polar surface area (TPSA) is 42.4 Å². The van der Waals surface area contributed by atoms with Gasteiger partial charge in [-0.25, -0.2) is 0 Å². The molecular formula is C13H18N2O2. The van der Waals surface area contributed by atoms with E-state index < -0.39 is 0 Å². The number of carbonyl (C=O) groups is 1. The average molecular weight is 234 g/mol. The molecule has 4 heteroatoms. The molecule has 1 fully saturated rings. The monoisotopic (exact) mass is 234 g/mol. The van der Waals surface area contributed by atoms with E-state index in [0.29, 0.717) is 0 Å². The number of ether oxygens (including phenoxy) is 1. The highest BCUT2D eigenvalue weighted by Gasteiger charge is 2.28. The quantitative estimate of drug-likeness (QED) is 0.732. The average Bonchev–Trinajstić information content (AvgIpc) is 2.85. The summed E-state index contributed by atoms with van der Waals surface area (Å²) in [5.74, 6) is -0.0194. The molecule has 0 bridgehead atoms. The Kier molecular flexibility index (Phi) is 4.09. The molecule has 92 valence electrons. The Bertz CT molecular complexity index is 367. The van der Waals surface area contributed by atoms with Crippen LogP contribution in [0.3, 0.4) is 0 Å². The zero-order valence-corrected chi connectivity index (χ0v) is 10.1. The minimum atomic E-state index is -0.0784. The van der Waals surface area contributed by atoms with Gasteiger partial charge in [-0.05, 0) is 25.1 Å². The van der Waals surface area contributed by atoms with Gasteiger partial charge in [0.2, 0.25) is 0 Å². The van der Waals surface area contributed by atoms with Crippen LogP contribution in [0.4, 0.5) is 0 Å². The first kappa shape index (κ1) is 12.0. The van der Waals surface area contributed by atoms with Crippen LogP contribution >= 0.6 is 0 Å². The Morgan fingerprint density at radius 3 is 3.18 bits per heavy atom. The van der Waals surface area contributed by atoms with Crippen LogP contribution in [0.25, 0.3) is 0 Å². The van der Waals surface area contributed by atoms with Crippen molar-refractivity contribution in [1.82, 2.24) is 9.88 Å². The summed E-state index contributed by atoms with van der Waals surface area (Å²) in [4.78, 5) is 18.0. The highest BCUT2D eigenvalue weighted by Crippen LogP contribution is 2.17. The molecule has 0 N–H and O–H groups in total. The Labute approximate surface area is 102 Å². The highest BCUT2D eigenvalue weighted by molar-refractivity contribution is 5.72. The lowest BCUT2D eigenvalue weighted by molar-refractivity contribution is -0.144. The molecule has 0 aliphatic carbocycles. The number of hydrogen-bond acceptors (Lipinski definition) is 4. The van der Waals surface area contributed by atoms with Crippen molar-refractivity contribution in [3.63, 3.8) is 0 Å². The fourth-order valence-corrected chi connectivity index (χ4v) is 2.21. The first-order valence-electron chi connectivity index (χ1n) is 5.99. The Hall–Kier alpha value is -1.42. The number of nitrogens with zero attached hydrogens (tertiary/aromatic N) is 2. The predicted octanol–water partition coefficient (Wildman–Crippen LogP) is 1.12. The summed E-state index contributed by atoms with van der Waals surface area (Å²) in [5, 5.41) is 0. The van der Waals surface area contributed by atoms with Gasteiger partial charge in [-0.15, -0.1) is 0 Å². The molecule has 1 aromatic heterocycles. The summed E-state index contributed by atoms with van der Waals surface area (Å²) >= 11 is 0. The fraction of sp³-hybridized carbons (Fsp3) is 0.538. The summed E-state index contributed by atoms with van der Waals surface area (Å²) in [6.07, 6.45) is 3.67. The van der Waals surface area contributed by atoms with E-state index in [1.54, 1.807) is 0 Å². The Morgan fingerprint density at radius 2 is 2.47 bits per heavy atom. The molecule has 2 heterocycles. The van der Waals surface area contributed by atoms with Crippen molar-refractivity contribution in [1.29, 1.82) is 0 Å². The Balaban J connectivity index is 1.77. The number of carbonyl (C=O) groups excluding carboxylic acids is 1. The minimum Gasteiger partial charge on any atom is -0.469 e. The number of likely N-dealkylation sites (tertiary alicyclic amines) is 1. The molecule has 0 aromatic carbocycles. The molecule has 0 amide bonds. The van der Waals surface area contributed by atoms with Gasteiger partial charge < -0.3 is 9.64 Å². The van der Waals surface area contributed by atoms with E-state index in [4.69, 9.17) is 4.74 Å². The predicted molar refractivity (Wildman–Crippen MR) is 64.5 cm³/mol. The van der Waals surface area contributed by atoms with Crippen LogP contribution in [0.2, 0.25) is 0 Å². The van der Waals surface area contributed by atoms with Crippen LogP contribution in [0, 0.1) is 5.92 Å². The van der Waals surface area contributed by atoms with Gasteiger partial charge in [0.1, 0.15) is 0 Å². The zero-order chi connectivity index (χ0) is 12.1. The number of aromatic nitrogens is 1. The van der Waals surface area contributed by atoms with E-state index in [2.05, 4.69) is 9.88 Å². The minimum absolute atomic E-state index is 0.0590. The maximum Gasteiger partial charge on any atom is 0.310 e. The van der Waals surface area contributed by atoms with E-state index >= 15 is 0 Å². The molecule has 4 nitrogen and oxygen atoms in total. The third-order valence-electron chi connectivity index (χ3n) is 3.22. The molecule has 0 spiro atoms. The van der Waals surface area contributed by atoms with Crippen LogP contribution in [-0.4, -0.2) is 42.6 Å². The lowest BCUT2D eigenvalue weighted by atomic mass is 10.1. The van der Waals surface area contributed by atoms with Gasteiger partial charge in [0.15, 0.2) is 0 Å². The van der Waals surface area contributed by atoms with Gasteiger partial charge in [0.25, 0.3) is 0 Å². The fourth-order valence-electron chi connectivity index (χ4n) is 2.21. The van der Waals surface area contributed by atoms with Gasteiger partial charge in [-0.1, -0.05) is 6.07 Å². The van der Waals surface area contributed by atoms with Gasteiger partial charge in [-0.3, -0.25) is 9.78 Å². The second kappa shape index (κ2) is 5.77. The second-order valence-corrected chi connectivity index (χ2v) is 4.38. The van der Waals surface area contributed by atoms with E-state index in [0.717, 1.165) is 38.2 Å². The van der Waals surface area contributed by atoms with Crippen molar-refractivity contribution in [2.75, 3.05) is 26.7 Å². The van der Waals surface area contributed by atoms with Crippen LogP contribution in [0.1, 0.15) is 12.1 Å². The summed E-state index contributed by atoms with van der Waals surface area (Å²) in [6.45, 7) is 2.76. The molecule has 2 rings (SSSR count). The molecule has 17 heavy (non-hydrogen) atoms. The molecule has 1 aliphatic rings. The molecule has 1 atom stereocenters. The van der Waals surface area contributed by atoms with E-state index in [1.807, 2.05) is 24.4 Å². The van der Waals surface area contributed by atoms with Crippen molar-refractivity contribution in [2.24, 2.45) is 5.92 Å². The van der Waals surface area contributed by atoms with E-state index in [9.17, 15) is 4.79 Å². The third-order valence-corrected chi connectivity index (χ3v) is 3.22. The number of hydrogen-bond donors (Lipinski definition) is 0. The molecule has 0 radical (unpaired) electrons. The Morgan fingerprint density at radius 1 is 1.59 bits per heavy atom. The largest absolute Gasteiger partial charge is 0.469 e. The standard InChI is InChI=1S/C13H18N2O2/c1-17-13(16)11-5-8-15(10-11)9-6-12-4-2-3-7-14-12/h2-4,7,11H,5-6,8-10H2,1H3. The van der Waals surface area contributed by atoms with E-state index in [1.165, 1.54) is 7.11 Å². The smallest absolute Gasteiger partial charge is 0.310 e. The van der Waals surface area contributed by atoms with Gasteiger partial charge in [-0.2, -0.15) is 0 Å². The van der Waals surface area contributed by atoms with Crippen molar-refractivity contribution < 1.29 is 9.53 Å². The number of methoxy groups -OCH3 is 1. The third kappa shape index (κ3) is 3.27. The van der Waals surface area contributed by atoms with Crippen LogP contribution in [-0.2, 0) is 16.0 Å². The molecule has 1 unspecified atom stereocenters. The van der Waals surface area contributed by atoms with Crippen molar-refractivity contribution in [3.8, 4) is 0 Å². The van der Waals surface area contributed by atoms with Crippen molar-refractivity contribution in [2.45, 2.75) is 12.8 Å². The SMILES string of the molecule is COC(=O)C1CCN(CCc2ccccn2)C1. The molecule has 1 aliphatic heterocycles. The van der Waals surface area contributed by atoms with Crippen LogP contribution in [0.15, 0.2) is 24.4 Å².